The van der Waals surface area contributed by atoms with E-state index in [-0.39, 0.29) is 29.6 Å². The number of pyridine rings is 1. The van der Waals surface area contributed by atoms with E-state index < -0.39 is 29.2 Å². The summed E-state index contributed by atoms with van der Waals surface area (Å²) < 4.78 is 77.3. The molecular formula is C30H27F4N5O5. The van der Waals surface area contributed by atoms with Crippen LogP contribution in [0.1, 0.15) is 34.1 Å². The van der Waals surface area contributed by atoms with Gasteiger partial charge in [-0.3, -0.25) is 4.79 Å². The second kappa shape index (κ2) is 13.3. The van der Waals surface area contributed by atoms with E-state index in [1.54, 1.807) is 19.1 Å². The van der Waals surface area contributed by atoms with E-state index in [9.17, 15) is 22.4 Å². The summed E-state index contributed by atoms with van der Waals surface area (Å²) in [5.74, 6) is -0.301. The Morgan fingerprint density at radius 2 is 1.80 bits per heavy atom. The first kappa shape index (κ1) is 31.5. The van der Waals surface area contributed by atoms with Crippen molar-refractivity contribution in [3.8, 4) is 28.7 Å². The van der Waals surface area contributed by atoms with Crippen molar-refractivity contribution in [1.29, 1.82) is 5.41 Å². The molecule has 0 radical (unpaired) electrons. The minimum atomic E-state index is -4.88. The molecule has 0 aliphatic carbocycles. The summed E-state index contributed by atoms with van der Waals surface area (Å²) in [4.78, 5) is 17.3. The number of amides is 1. The zero-order chi connectivity index (χ0) is 32.0. The van der Waals surface area contributed by atoms with Crippen LogP contribution in [-0.2, 0) is 6.18 Å². The van der Waals surface area contributed by atoms with Crippen molar-refractivity contribution in [3.05, 3.63) is 89.1 Å². The number of benzene rings is 2. The largest absolute Gasteiger partial charge is 0.493 e. The molecule has 0 unspecified atom stereocenters. The second-order valence-electron chi connectivity index (χ2n) is 9.03. The number of hydrogen-bond donors (Lipinski definition) is 2. The summed E-state index contributed by atoms with van der Waals surface area (Å²) >= 11 is 0. The van der Waals surface area contributed by atoms with Crippen LogP contribution in [0.4, 0.5) is 23.4 Å². The van der Waals surface area contributed by atoms with Gasteiger partial charge in [-0.25, -0.2) is 14.1 Å². The Morgan fingerprint density at radius 3 is 2.41 bits per heavy atom. The molecule has 4 rings (SSSR count). The Kier molecular flexibility index (Phi) is 9.51. The number of nitrogens with one attached hydrogen (secondary N) is 2. The number of methoxy groups -OCH3 is 2. The third-order valence-corrected chi connectivity index (χ3v) is 6.14. The molecule has 0 bridgehead atoms. The van der Waals surface area contributed by atoms with Crippen LogP contribution < -0.4 is 24.3 Å². The fourth-order valence-electron chi connectivity index (χ4n) is 4.15. The van der Waals surface area contributed by atoms with Gasteiger partial charge in [-0.2, -0.15) is 18.3 Å². The van der Waals surface area contributed by atoms with Crippen LogP contribution in [0.3, 0.4) is 0 Å². The number of alkyl halides is 3. The monoisotopic (exact) mass is 613 g/mol. The molecule has 0 aliphatic heterocycles. The van der Waals surface area contributed by atoms with Crippen LogP contribution >= 0.6 is 0 Å². The first-order valence-corrected chi connectivity index (χ1v) is 13.0. The second-order valence-corrected chi connectivity index (χ2v) is 9.03. The average molecular weight is 614 g/mol. The summed E-state index contributed by atoms with van der Waals surface area (Å²) in [6.45, 7) is 3.56. The number of allylic oxidation sites excluding steroid dienone is 1. The van der Waals surface area contributed by atoms with Gasteiger partial charge in [0.2, 0.25) is 0 Å². The summed E-state index contributed by atoms with van der Waals surface area (Å²) in [5, 5.41) is 14.1. The molecule has 0 spiro atoms. The number of aryl methyl sites for hydroxylation is 1. The zero-order valence-corrected chi connectivity index (χ0v) is 24.0. The van der Waals surface area contributed by atoms with Crippen LogP contribution in [0.25, 0.3) is 11.4 Å². The van der Waals surface area contributed by atoms with Gasteiger partial charge in [0.1, 0.15) is 23.1 Å². The Bertz CT molecular complexity index is 1700. The van der Waals surface area contributed by atoms with Gasteiger partial charge in [0, 0.05) is 11.8 Å². The molecule has 2 aromatic carbocycles. The van der Waals surface area contributed by atoms with Crippen LogP contribution in [0.5, 0.6) is 23.0 Å². The molecule has 0 fully saturated rings. The fraction of sp³-hybridized carbons (Fsp3) is 0.200. The number of halogens is 4. The molecule has 44 heavy (non-hydrogen) atoms. The van der Waals surface area contributed by atoms with Crippen LogP contribution in [0.15, 0.2) is 60.9 Å². The van der Waals surface area contributed by atoms with Crippen molar-refractivity contribution in [2.75, 3.05) is 26.1 Å². The van der Waals surface area contributed by atoms with Gasteiger partial charge in [-0.15, -0.1) is 0 Å². The highest BCUT2D eigenvalue weighted by molar-refractivity contribution is 6.04. The number of carbonyl (C=O) groups is 1. The smallest absolute Gasteiger partial charge is 0.418 e. The average Bonchev–Trinajstić information content (AvgIpc) is 3.41. The van der Waals surface area contributed by atoms with Gasteiger partial charge < -0.3 is 29.7 Å². The highest BCUT2D eigenvalue weighted by atomic mass is 19.4. The molecular weight excluding hydrogens is 586 g/mol. The van der Waals surface area contributed by atoms with Crippen LogP contribution in [0, 0.1) is 18.2 Å². The maximum atomic E-state index is 13.6. The Hall–Kier alpha value is -5.40. The van der Waals surface area contributed by atoms with Gasteiger partial charge in [-0.05, 0) is 68.0 Å². The standard InChI is InChI=1S/C30H27F4N5O5/c1-5-43-26-16-39(22-8-6-18(31)13-21(22)30(32,33)34)38-28(26)29(40)37-27-9-7-19(15-36-27)44-23(10-11-35)20-14-25(42-4)24(41-3)12-17(20)2/h6-16,35H,5H2,1-4H3,(H,36,37,40)/b23-10+,35-11?. The van der Waals surface area contributed by atoms with Crippen LogP contribution in [-0.4, -0.2) is 47.7 Å². The molecule has 2 aromatic heterocycles. The molecule has 2 heterocycles. The third-order valence-electron chi connectivity index (χ3n) is 6.14. The number of rotatable bonds is 11. The summed E-state index contributed by atoms with van der Waals surface area (Å²) in [7, 11) is 3.02. The SMILES string of the molecule is CCOc1cn(-c2ccc(F)cc2C(F)(F)F)nc1C(=O)Nc1ccc(O/C(=C/C=N)c2cc(OC)c(OC)cc2C)cn1. The molecule has 2 N–H and O–H groups in total. The van der Waals surface area contributed by atoms with Crippen molar-refractivity contribution in [3.63, 3.8) is 0 Å². The molecule has 10 nitrogen and oxygen atoms in total. The van der Waals surface area contributed by atoms with E-state index in [1.807, 2.05) is 6.92 Å². The van der Waals surface area contributed by atoms with Gasteiger partial charge in [0.05, 0.1) is 44.5 Å². The van der Waals surface area contributed by atoms with Crippen molar-refractivity contribution in [2.45, 2.75) is 20.0 Å². The number of carbonyl (C=O) groups excluding carboxylic acids is 1. The third kappa shape index (κ3) is 6.97. The lowest BCUT2D eigenvalue weighted by Gasteiger charge is -2.16. The predicted octanol–water partition coefficient (Wildman–Crippen LogP) is 6.47. The quantitative estimate of drug-likeness (QED) is 0.113. The normalized spacial score (nSPS) is 11.6. The Balaban J connectivity index is 1.57. The lowest BCUT2D eigenvalue weighted by molar-refractivity contribution is -0.137. The van der Waals surface area contributed by atoms with Gasteiger partial charge in [0.25, 0.3) is 5.91 Å². The van der Waals surface area contributed by atoms with Gasteiger partial charge in [-0.1, -0.05) is 0 Å². The van der Waals surface area contributed by atoms with E-state index >= 15 is 0 Å². The van der Waals surface area contributed by atoms with E-state index in [2.05, 4.69) is 15.4 Å². The number of anilines is 1. The maximum absolute atomic E-state index is 13.6. The molecule has 0 saturated heterocycles. The first-order chi connectivity index (χ1) is 21.0. The summed E-state index contributed by atoms with van der Waals surface area (Å²) in [6.07, 6.45) is 0.0719. The van der Waals surface area contributed by atoms with Crippen LogP contribution in [0.2, 0.25) is 0 Å². The van der Waals surface area contributed by atoms with Gasteiger partial charge >= 0.3 is 6.18 Å². The Morgan fingerprint density at radius 1 is 1.07 bits per heavy atom. The van der Waals surface area contributed by atoms with E-state index in [1.165, 1.54) is 38.6 Å². The molecule has 4 aromatic rings. The van der Waals surface area contributed by atoms with Gasteiger partial charge in [0.15, 0.2) is 22.9 Å². The fourth-order valence-corrected chi connectivity index (χ4v) is 4.15. The zero-order valence-electron chi connectivity index (χ0n) is 24.0. The summed E-state index contributed by atoms with van der Waals surface area (Å²) in [6, 6.07) is 8.55. The number of hydrogen-bond acceptors (Lipinski definition) is 8. The summed E-state index contributed by atoms with van der Waals surface area (Å²) in [5.41, 5.74) is -0.645. The van der Waals surface area contributed by atoms with Crippen molar-refractivity contribution in [1.82, 2.24) is 14.8 Å². The topological polar surface area (TPSA) is 121 Å². The van der Waals surface area contributed by atoms with E-state index in [4.69, 9.17) is 24.4 Å². The minimum Gasteiger partial charge on any atom is -0.493 e. The van der Waals surface area contributed by atoms with Crippen molar-refractivity contribution < 1.29 is 41.3 Å². The lowest BCUT2D eigenvalue weighted by Crippen LogP contribution is -2.16. The first-order valence-electron chi connectivity index (χ1n) is 13.0. The number of nitrogens with zero attached hydrogens (tertiary/aromatic N) is 3. The molecule has 0 atom stereocenters. The number of ether oxygens (including phenoxy) is 4. The lowest BCUT2D eigenvalue weighted by atomic mass is 10.1. The Labute approximate surface area is 249 Å². The van der Waals surface area contributed by atoms with E-state index in [0.717, 1.165) is 34.8 Å². The maximum Gasteiger partial charge on any atom is 0.418 e. The highest BCUT2D eigenvalue weighted by Crippen LogP contribution is 2.36. The highest BCUT2D eigenvalue weighted by Gasteiger charge is 2.35. The molecule has 0 saturated carbocycles. The minimum absolute atomic E-state index is 0.0805. The van der Waals surface area contributed by atoms with Crippen molar-refractivity contribution >= 4 is 23.7 Å². The van der Waals surface area contributed by atoms with E-state index in [0.29, 0.717) is 28.9 Å². The molecule has 14 heteroatoms. The van der Waals surface area contributed by atoms with Crippen molar-refractivity contribution in [2.24, 2.45) is 0 Å². The number of aromatic nitrogens is 3. The molecule has 230 valence electrons. The molecule has 1 amide bonds. The molecule has 0 aliphatic rings. The predicted molar refractivity (Wildman–Crippen MR) is 154 cm³/mol.